The van der Waals surface area contributed by atoms with Gasteiger partial charge in [0.1, 0.15) is 12.4 Å². The van der Waals surface area contributed by atoms with Gasteiger partial charge in [-0.05, 0) is 36.6 Å². The highest BCUT2D eigenvalue weighted by atomic mass is 31.0. The largest absolute Gasteiger partial charge is 0.496 e. The number of hydrogen-bond donors (Lipinski definition) is 1. The Morgan fingerprint density at radius 3 is 2.55 bits per heavy atom. The van der Waals surface area contributed by atoms with E-state index in [2.05, 4.69) is 21.1 Å². The van der Waals surface area contributed by atoms with Gasteiger partial charge in [-0.3, -0.25) is 14.4 Å². The number of carbonyl (C=O) groups excluding carboxylic acids is 3. The zero-order valence-corrected chi connectivity index (χ0v) is 18.2. The summed E-state index contributed by atoms with van der Waals surface area (Å²) in [5, 5.41) is 2.93. The van der Waals surface area contributed by atoms with Crippen molar-refractivity contribution >= 4 is 27.1 Å². The smallest absolute Gasteiger partial charge is 0.306 e. The number of ether oxygens (including phenoxy) is 3. The summed E-state index contributed by atoms with van der Waals surface area (Å²) in [4.78, 5) is 35.7. The van der Waals surface area contributed by atoms with Crippen molar-refractivity contribution in [2.75, 3.05) is 33.0 Å². The van der Waals surface area contributed by atoms with Gasteiger partial charge in [0.2, 0.25) is 0 Å². The lowest BCUT2D eigenvalue weighted by atomic mass is 9.81. The SMILES string of the molecule is C=CCOC(=O)CCC(CP)(CCOC(C)=O)CNC(=O)c1ccccc1OC. The normalized spacial score (nSPS) is 12.4. The molecule has 1 amide bonds. The summed E-state index contributed by atoms with van der Waals surface area (Å²) < 4.78 is 15.4. The van der Waals surface area contributed by atoms with Crippen molar-refractivity contribution in [1.82, 2.24) is 5.32 Å². The molecule has 0 saturated heterocycles. The van der Waals surface area contributed by atoms with Gasteiger partial charge in [-0.25, -0.2) is 0 Å². The van der Waals surface area contributed by atoms with Gasteiger partial charge in [0.25, 0.3) is 5.91 Å². The second-order valence-electron chi connectivity index (χ2n) is 6.65. The first-order valence-electron chi connectivity index (χ1n) is 9.38. The Hall–Kier alpha value is -2.40. The van der Waals surface area contributed by atoms with E-state index in [1.807, 2.05) is 0 Å². The number of amides is 1. The van der Waals surface area contributed by atoms with Crippen molar-refractivity contribution in [3.63, 3.8) is 0 Å². The van der Waals surface area contributed by atoms with Gasteiger partial charge in [-0.1, -0.05) is 24.8 Å². The maximum Gasteiger partial charge on any atom is 0.306 e. The molecule has 1 rings (SSSR count). The maximum absolute atomic E-state index is 12.7. The van der Waals surface area contributed by atoms with Crippen LogP contribution in [0, 0.1) is 5.41 Å². The van der Waals surface area contributed by atoms with E-state index in [0.29, 0.717) is 36.9 Å². The molecule has 0 aliphatic carbocycles. The Balaban J connectivity index is 2.84. The molecule has 0 radical (unpaired) electrons. The van der Waals surface area contributed by atoms with Crippen molar-refractivity contribution < 1.29 is 28.6 Å². The summed E-state index contributed by atoms with van der Waals surface area (Å²) >= 11 is 0. The molecule has 160 valence electrons. The summed E-state index contributed by atoms with van der Waals surface area (Å²) in [6.45, 7) is 5.54. The van der Waals surface area contributed by atoms with Gasteiger partial charge in [-0.15, -0.1) is 9.24 Å². The average Bonchev–Trinajstić information content (AvgIpc) is 2.73. The number of methoxy groups -OCH3 is 1. The molecule has 1 aromatic carbocycles. The lowest BCUT2D eigenvalue weighted by Gasteiger charge is -2.32. The van der Waals surface area contributed by atoms with Crippen LogP contribution in [0.1, 0.15) is 36.5 Å². The molecule has 29 heavy (non-hydrogen) atoms. The fourth-order valence-electron chi connectivity index (χ4n) is 2.78. The zero-order valence-electron chi connectivity index (χ0n) is 17.1. The molecule has 2 atom stereocenters. The topological polar surface area (TPSA) is 90.9 Å². The molecule has 2 unspecified atom stereocenters. The molecule has 7 nitrogen and oxygen atoms in total. The Bertz CT molecular complexity index is 708. The summed E-state index contributed by atoms with van der Waals surface area (Å²) in [5.41, 5.74) is -0.0246. The van der Waals surface area contributed by atoms with Crippen LogP contribution in [0.25, 0.3) is 0 Å². The minimum Gasteiger partial charge on any atom is -0.496 e. The minimum absolute atomic E-state index is 0.157. The van der Waals surface area contributed by atoms with E-state index in [4.69, 9.17) is 14.2 Å². The molecular formula is C21H30NO6P. The van der Waals surface area contributed by atoms with Crippen molar-refractivity contribution in [3.05, 3.63) is 42.5 Å². The Labute approximate surface area is 174 Å². The summed E-state index contributed by atoms with van der Waals surface area (Å²) in [6, 6.07) is 6.95. The van der Waals surface area contributed by atoms with Gasteiger partial charge < -0.3 is 19.5 Å². The molecule has 0 saturated carbocycles. The zero-order chi connectivity index (χ0) is 21.7. The molecule has 1 N–H and O–H groups in total. The lowest BCUT2D eigenvalue weighted by Crippen LogP contribution is -2.40. The van der Waals surface area contributed by atoms with Gasteiger partial charge in [0.05, 0.1) is 19.3 Å². The van der Waals surface area contributed by atoms with Crippen LogP contribution < -0.4 is 10.1 Å². The quantitative estimate of drug-likeness (QED) is 0.298. The van der Waals surface area contributed by atoms with E-state index in [9.17, 15) is 14.4 Å². The fourth-order valence-corrected chi connectivity index (χ4v) is 3.33. The van der Waals surface area contributed by atoms with E-state index < -0.39 is 5.41 Å². The van der Waals surface area contributed by atoms with E-state index in [1.165, 1.54) is 20.1 Å². The van der Waals surface area contributed by atoms with Crippen LogP contribution in [0.15, 0.2) is 36.9 Å². The van der Waals surface area contributed by atoms with Crippen LogP contribution in [0.4, 0.5) is 0 Å². The molecule has 0 aliphatic rings. The molecule has 0 spiro atoms. The summed E-state index contributed by atoms with van der Waals surface area (Å²) in [7, 11) is 4.16. The van der Waals surface area contributed by atoms with Crippen molar-refractivity contribution in [2.45, 2.75) is 26.2 Å². The first-order valence-corrected chi connectivity index (χ1v) is 10.2. The van der Waals surface area contributed by atoms with Crippen LogP contribution in [0.5, 0.6) is 5.75 Å². The Morgan fingerprint density at radius 2 is 1.93 bits per heavy atom. The molecule has 8 heteroatoms. The number of rotatable bonds is 13. The number of hydrogen-bond acceptors (Lipinski definition) is 6. The number of esters is 2. The van der Waals surface area contributed by atoms with Crippen molar-refractivity contribution in [1.29, 1.82) is 0 Å². The van der Waals surface area contributed by atoms with Crippen LogP contribution >= 0.6 is 9.24 Å². The molecule has 0 fully saturated rings. The predicted octanol–water partition coefficient (Wildman–Crippen LogP) is 2.75. The number of benzene rings is 1. The van der Waals surface area contributed by atoms with E-state index in [0.717, 1.165) is 0 Å². The highest BCUT2D eigenvalue weighted by molar-refractivity contribution is 7.16. The molecule has 0 heterocycles. The first-order chi connectivity index (χ1) is 13.9. The first kappa shape index (κ1) is 24.6. The molecule has 0 aromatic heterocycles. The number of carbonyl (C=O) groups is 3. The Kier molecular flexibility index (Phi) is 11.0. The number of nitrogens with one attached hydrogen (secondary N) is 1. The number of para-hydroxylation sites is 1. The van der Waals surface area contributed by atoms with E-state index >= 15 is 0 Å². The Morgan fingerprint density at radius 1 is 1.21 bits per heavy atom. The second kappa shape index (κ2) is 12.9. The van der Waals surface area contributed by atoms with Crippen molar-refractivity contribution in [2.24, 2.45) is 5.41 Å². The average molecular weight is 423 g/mol. The van der Waals surface area contributed by atoms with Crippen LogP contribution in [0.3, 0.4) is 0 Å². The fraction of sp³-hybridized carbons (Fsp3) is 0.476. The van der Waals surface area contributed by atoms with Gasteiger partial charge >= 0.3 is 11.9 Å². The lowest BCUT2D eigenvalue weighted by molar-refractivity contribution is -0.144. The third-order valence-corrected chi connectivity index (χ3v) is 5.43. The highest BCUT2D eigenvalue weighted by Crippen LogP contribution is 2.31. The molecular weight excluding hydrogens is 393 g/mol. The van der Waals surface area contributed by atoms with Crippen LogP contribution in [-0.2, 0) is 19.1 Å². The van der Waals surface area contributed by atoms with Gasteiger partial charge in [0, 0.05) is 19.9 Å². The molecule has 0 bridgehead atoms. The van der Waals surface area contributed by atoms with E-state index in [-0.39, 0.29) is 37.5 Å². The van der Waals surface area contributed by atoms with Crippen LogP contribution in [-0.4, -0.2) is 50.9 Å². The monoisotopic (exact) mass is 423 g/mol. The van der Waals surface area contributed by atoms with Gasteiger partial charge in [0.15, 0.2) is 0 Å². The standard InChI is InChI=1S/C21H30NO6P/c1-4-12-28-19(24)9-10-21(15-29,11-13-27-16(2)23)14-22-20(25)17-7-5-6-8-18(17)26-3/h4-8H,1,9-15,29H2,2-3H3,(H,22,25). The maximum atomic E-state index is 12.7. The van der Waals surface area contributed by atoms with Crippen LogP contribution in [0.2, 0.25) is 0 Å². The van der Waals surface area contributed by atoms with Gasteiger partial charge in [-0.2, -0.15) is 0 Å². The second-order valence-corrected chi connectivity index (χ2v) is 7.06. The molecule has 1 aromatic rings. The minimum atomic E-state index is -0.453. The third kappa shape index (κ3) is 8.65. The summed E-state index contributed by atoms with van der Waals surface area (Å²) in [5.74, 6) is -0.497. The third-order valence-electron chi connectivity index (χ3n) is 4.57. The predicted molar refractivity (Wildman–Crippen MR) is 114 cm³/mol. The van der Waals surface area contributed by atoms with Crippen molar-refractivity contribution in [3.8, 4) is 5.75 Å². The molecule has 0 aliphatic heterocycles. The summed E-state index contributed by atoms with van der Waals surface area (Å²) in [6.07, 6.45) is 3.27. The highest BCUT2D eigenvalue weighted by Gasteiger charge is 2.30. The van der Waals surface area contributed by atoms with E-state index in [1.54, 1.807) is 24.3 Å².